The van der Waals surface area contributed by atoms with Gasteiger partial charge in [0.15, 0.2) is 0 Å². The van der Waals surface area contributed by atoms with E-state index in [0.29, 0.717) is 12.5 Å². The number of fused-ring (bicyclic) bond motifs is 1. The highest BCUT2D eigenvalue weighted by Gasteiger charge is 2.25. The smallest absolute Gasteiger partial charge is 0.224 e. The summed E-state index contributed by atoms with van der Waals surface area (Å²) in [5, 5.41) is 6.48. The van der Waals surface area contributed by atoms with Crippen LogP contribution in [0.2, 0.25) is 0 Å². The first-order valence-corrected chi connectivity index (χ1v) is 7.64. The topological polar surface area (TPSA) is 67.2 Å². The van der Waals surface area contributed by atoms with Crippen LogP contribution in [0.4, 0.5) is 17.1 Å². The molecule has 1 saturated carbocycles. The molecule has 1 amide bonds. The highest BCUT2D eigenvalue weighted by molar-refractivity contribution is 5.95. The third-order valence-electron chi connectivity index (χ3n) is 4.34. The molecule has 0 radical (unpaired) electrons. The van der Waals surface area contributed by atoms with E-state index in [2.05, 4.69) is 23.6 Å². The zero-order valence-electron chi connectivity index (χ0n) is 12.0. The van der Waals surface area contributed by atoms with Gasteiger partial charge in [-0.1, -0.05) is 19.8 Å². The fraction of sp³-hybridized carbons (Fsp3) is 0.562. The number of hydrogen-bond donors (Lipinski definition) is 3. The Morgan fingerprint density at radius 3 is 2.90 bits per heavy atom. The Kier molecular flexibility index (Phi) is 3.55. The molecule has 108 valence electrons. The van der Waals surface area contributed by atoms with Crippen LogP contribution in [-0.4, -0.2) is 11.9 Å². The molecule has 1 aromatic rings. The minimum atomic E-state index is 0.0813. The van der Waals surface area contributed by atoms with E-state index < -0.39 is 0 Å². The minimum Gasteiger partial charge on any atom is -0.397 e. The predicted molar refractivity (Wildman–Crippen MR) is 82.8 cm³/mol. The fourth-order valence-corrected chi connectivity index (χ4v) is 2.87. The summed E-state index contributed by atoms with van der Waals surface area (Å²) in [4.78, 5) is 11.4. The van der Waals surface area contributed by atoms with Crippen LogP contribution in [0.15, 0.2) is 12.1 Å². The summed E-state index contributed by atoms with van der Waals surface area (Å²) in [6.07, 6.45) is 6.48. The standard InChI is InChI=1S/C16H23N3O/c1-2-12(7-10-3-4-10)18-15-8-11-5-6-16(20)19-14(11)9-13(15)17/h8-10,12,18H,2-7,17H2,1H3,(H,19,20). The van der Waals surface area contributed by atoms with E-state index in [4.69, 9.17) is 5.73 Å². The first-order chi connectivity index (χ1) is 9.65. The fourth-order valence-electron chi connectivity index (χ4n) is 2.87. The van der Waals surface area contributed by atoms with Crippen molar-refractivity contribution >= 4 is 23.0 Å². The summed E-state index contributed by atoms with van der Waals surface area (Å²) in [5.74, 6) is 0.989. The summed E-state index contributed by atoms with van der Waals surface area (Å²) in [5.41, 5.74) is 9.93. The number of rotatable bonds is 5. The number of carbonyl (C=O) groups excluding carboxylic acids is 1. The lowest BCUT2D eigenvalue weighted by atomic mass is 10.0. The van der Waals surface area contributed by atoms with E-state index in [9.17, 15) is 4.79 Å². The van der Waals surface area contributed by atoms with Crippen LogP contribution in [0.3, 0.4) is 0 Å². The van der Waals surface area contributed by atoms with Crippen molar-refractivity contribution in [2.75, 3.05) is 16.4 Å². The molecule has 1 unspecified atom stereocenters. The second-order valence-corrected chi connectivity index (χ2v) is 6.07. The maximum atomic E-state index is 11.4. The molecule has 4 nitrogen and oxygen atoms in total. The molecule has 1 atom stereocenters. The summed E-state index contributed by atoms with van der Waals surface area (Å²) in [7, 11) is 0. The normalized spacial score (nSPS) is 19.1. The minimum absolute atomic E-state index is 0.0813. The molecule has 1 aromatic carbocycles. The summed E-state index contributed by atoms with van der Waals surface area (Å²) in [6.45, 7) is 2.22. The molecular weight excluding hydrogens is 250 g/mol. The van der Waals surface area contributed by atoms with Crippen molar-refractivity contribution in [3.8, 4) is 0 Å². The van der Waals surface area contributed by atoms with Gasteiger partial charge in [-0.3, -0.25) is 4.79 Å². The number of benzene rings is 1. The summed E-state index contributed by atoms with van der Waals surface area (Å²) >= 11 is 0. The number of carbonyl (C=O) groups is 1. The van der Waals surface area contributed by atoms with Crippen molar-refractivity contribution < 1.29 is 4.79 Å². The van der Waals surface area contributed by atoms with Gasteiger partial charge in [-0.25, -0.2) is 0 Å². The second kappa shape index (κ2) is 5.35. The molecule has 20 heavy (non-hydrogen) atoms. The Hall–Kier alpha value is -1.71. The van der Waals surface area contributed by atoms with Crippen molar-refractivity contribution in [3.05, 3.63) is 17.7 Å². The van der Waals surface area contributed by atoms with Crippen LogP contribution >= 0.6 is 0 Å². The van der Waals surface area contributed by atoms with Crippen LogP contribution in [0.5, 0.6) is 0 Å². The first-order valence-electron chi connectivity index (χ1n) is 7.64. The molecule has 4 N–H and O–H groups in total. The van der Waals surface area contributed by atoms with Gasteiger partial charge in [0.2, 0.25) is 5.91 Å². The SMILES string of the molecule is CCC(CC1CC1)Nc1cc2c(cc1N)NC(=O)CC2. The highest BCUT2D eigenvalue weighted by Crippen LogP contribution is 2.36. The van der Waals surface area contributed by atoms with Crippen molar-refractivity contribution in [2.45, 2.75) is 51.5 Å². The number of amides is 1. The Morgan fingerprint density at radius 2 is 2.20 bits per heavy atom. The molecule has 0 spiro atoms. The molecule has 0 aromatic heterocycles. The van der Waals surface area contributed by atoms with E-state index in [1.54, 1.807) is 0 Å². The lowest BCUT2D eigenvalue weighted by Crippen LogP contribution is -2.22. The van der Waals surface area contributed by atoms with Gasteiger partial charge in [-0.15, -0.1) is 0 Å². The van der Waals surface area contributed by atoms with E-state index >= 15 is 0 Å². The van der Waals surface area contributed by atoms with Gasteiger partial charge in [-0.05, 0) is 42.9 Å². The Bertz CT molecular complexity index is 523. The molecule has 3 rings (SSSR count). The number of nitrogen functional groups attached to an aromatic ring is 1. The van der Waals surface area contributed by atoms with Crippen molar-refractivity contribution in [1.29, 1.82) is 0 Å². The lowest BCUT2D eigenvalue weighted by Gasteiger charge is -2.23. The van der Waals surface area contributed by atoms with E-state index in [-0.39, 0.29) is 5.91 Å². The Balaban J connectivity index is 1.76. The van der Waals surface area contributed by atoms with Gasteiger partial charge >= 0.3 is 0 Å². The summed E-state index contributed by atoms with van der Waals surface area (Å²) < 4.78 is 0. The molecule has 0 saturated heterocycles. The van der Waals surface area contributed by atoms with Gasteiger partial charge in [0, 0.05) is 18.2 Å². The summed E-state index contributed by atoms with van der Waals surface area (Å²) in [6, 6.07) is 4.50. The number of hydrogen-bond acceptors (Lipinski definition) is 3. The quantitative estimate of drug-likeness (QED) is 0.722. The molecule has 0 bridgehead atoms. The van der Waals surface area contributed by atoms with Crippen molar-refractivity contribution in [2.24, 2.45) is 5.92 Å². The van der Waals surface area contributed by atoms with E-state index in [0.717, 1.165) is 35.8 Å². The van der Waals surface area contributed by atoms with Crippen LogP contribution in [0, 0.1) is 5.92 Å². The maximum Gasteiger partial charge on any atom is 0.224 e. The van der Waals surface area contributed by atoms with Crippen LogP contribution in [-0.2, 0) is 11.2 Å². The van der Waals surface area contributed by atoms with E-state index in [1.807, 2.05) is 6.07 Å². The van der Waals surface area contributed by atoms with Crippen LogP contribution < -0.4 is 16.4 Å². The van der Waals surface area contributed by atoms with Gasteiger partial charge in [0.05, 0.1) is 11.4 Å². The number of nitrogens with one attached hydrogen (secondary N) is 2. The van der Waals surface area contributed by atoms with Crippen LogP contribution in [0.1, 0.15) is 44.6 Å². The molecule has 1 heterocycles. The predicted octanol–water partition coefficient (Wildman–Crippen LogP) is 3.14. The number of nitrogens with two attached hydrogens (primary N) is 1. The molecular formula is C16H23N3O. The van der Waals surface area contributed by atoms with Gasteiger partial charge in [-0.2, -0.15) is 0 Å². The van der Waals surface area contributed by atoms with Crippen LogP contribution in [0.25, 0.3) is 0 Å². The maximum absolute atomic E-state index is 11.4. The van der Waals surface area contributed by atoms with Gasteiger partial charge in [0.1, 0.15) is 0 Å². The average molecular weight is 273 g/mol. The lowest BCUT2D eigenvalue weighted by molar-refractivity contribution is -0.116. The Morgan fingerprint density at radius 1 is 1.40 bits per heavy atom. The largest absolute Gasteiger partial charge is 0.397 e. The highest BCUT2D eigenvalue weighted by atomic mass is 16.1. The monoisotopic (exact) mass is 273 g/mol. The third kappa shape index (κ3) is 2.89. The average Bonchev–Trinajstić information content (AvgIpc) is 3.23. The molecule has 1 aliphatic carbocycles. The molecule has 4 heteroatoms. The molecule has 1 aliphatic heterocycles. The number of aryl methyl sites for hydroxylation is 1. The van der Waals surface area contributed by atoms with Crippen molar-refractivity contribution in [3.63, 3.8) is 0 Å². The second-order valence-electron chi connectivity index (χ2n) is 6.07. The zero-order chi connectivity index (χ0) is 14.1. The number of anilines is 3. The Labute approximate surface area is 120 Å². The zero-order valence-corrected chi connectivity index (χ0v) is 12.0. The molecule has 2 aliphatic rings. The van der Waals surface area contributed by atoms with Crippen molar-refractivity contribution in [1.82, 2.24) is 0 Å². The van der Waals surface area contributed by atoms with Gasteiger partial charge in [0.25, 0.3) is 0 Å². The van der Waals surface area contributed by atoms with E-state index in [1.165, 1.54) is 24.8 Å². The van der Waals surface area contributed by atoms with Gasteiger partial charge < -0.3 is 16.4 Å². The molecule has 1 fully saturated rings. The third-order valence-corrected chi connectivity index (χ3v) is 4.34. The first kappa shape index (κ1) is 13.3.